The zero-order chi connectivity index (χ0) is 22.5. The first-order valence-corrected chi connectivity index (χ1v) is 10.6. The van der Waals surface area contributed by atoms with Crippen LogP contribution in [0.15, 0.2) is 30.3 Å². The minimum absolute atomic E-state index is 0.0119. The standard InChI is InChI=1S/C23H30FN5O2/c1-16(30)29-13-5-6-20(29)23-25-19(14-21(26-23)27(2)3)15-28(4)22(31)12-9-17-7-10-18(24)11-8-17/h7-8,10-11,14,20H,5-6,9,12-13,15H2,1-4H3/t20-/m1/s1. The zero-order valence-corrected chi connectivity index (χ0v) is 18.6. The van der Waals surface area contributed by atoms with E-state index in [-0.39, 0.29) is 23.7 Å². The highest BCUT2D eigenvalue weighted by Gasteiger charge is 2.31. The van der Waals surface area contributed by atoms with Crippen LogP contribution in [0.1, 0.15) is 49.3 Å². The van der Waals surface area contributed by atoms with Gasteiger partial charge in [-0.2, -0.15) is 0 Å². The van der Waals surface area contributed by atoms with Crippen LogP contribution in [-0.2, 0) is 22.6 Å². The molecule has 1 atom stereocenters. The van der Waals surface area contributed by atoms with Crippen LogP contribution in [0.5, 0.6) is 0 Å². The third kappa shape index (κ3) is 5.77. The maximum absolute atomic E-state index is 13.0. The Labute approximate surface area is 182 Å². The van der Waals surface area contributed by atoms with Gasteiger partial charge in [-0.3, -0.25) is 9.59 Å². The zero-order valence-electron chi connectivity index (χ0n) is 18.6. The molecule has 1 aromatic heterocycles. The van der Waals surface area contributed by atoms with Crippen LogP contribution in [0.3, 0.4) is 0 Å². The summed E-state index contributed by atoms with van der Waals surface area (Å²) in [7, 11) is 5.57. The molecule has 1 aliphatic heterocycles. The second-order valence-electron chi connectivity index (χ2n) is 8.22. The summed E-state index contributed by atoms with van der Waals surface area (Å²) in [6, 6.07) is 7.95. The van der Waals surface area contributed by atoms with Crippen molar-refractivity contribution in [1.29, 1.82) is 0 Å². The molecule has 166 valence electrons. The second kappa shape index (κ2) is 9.85. The number of amides is 2. The van der Waals surface area contributed by atoms with Crippen molar-refractivity contribution in [1.82, 2.24) is 19.8 Å². The molecule has 2 aromatic rings. The number of benzene rings is 1. The second-order valence-corrected chi connectivity index (χ2v) is 8.22. The highest BCUT2D eigenvalue weighted by molar-refractivity contribution is 5.76. The van der Waals surface area contributed by atoms with E-state index < -0.39 is 0 Å². The van der Waals surface area contributed by atoms with Gasteiger partial charge < -0.3 is 14.7 Å². The molecule has 0 saturated carbocycles. The number of hydrogen-bond acceptors (Lipinski definition) is 5. The largest absolute Gasteiger partial charge is 0.363 e. The van der Waals surface area contributed by atoms with Crippen molar-refractivity contribution in [3.05, 3.63) is 53.2 Å². The van der Waals surface area contributed by atoms with Gasteiger partial charge in [-0.1, -0.05) is 12.1 Å². The van der Waals surface area contributed by atoms with E-state index in [9.17, 15) is 14.0 Å². The number of nitrogens with zero attached hydrogens (tertiary/aromatic N) is 5. The number of carbonyl (C=O) groups excluding carboxylic acids is 2. The lowest BCUT2D eigenvalue weighted by molar-refractivity contribution is -0.130. The summed E-state index contributed by atoms with van der Waals surface area (Å²) in [6.45, 7) is 2.64. The number of carbonyl (C=O) groups is 2. The quantitative estimate of drug-likeness (QED) is 0.680. The number of aromatic nitrogens is 2. The molecule has 0 unspecified atom stereocenters. The molecular formula is C23H30FN5O2. The van der Waals surface area contributed by atoms with Gasteiger partial charge in [0, 0.05) is 47.1 Å². The lowest BCUT2D eigenvalue weighted by atomic mass is 10.1. The molecule has 0 aliphatic carbocycles. The molecule has 0 radical (unpaired) electrons. The predicted molar refractivity (Wildman–Crippen MR) is 117 cm³/mol. The first kappa shape index (κ1) is 22.7. The molecule has 0 spiro atoms. The average molecular weight is 428 g/mol. The van der Waals surface area contributed by atoms with Crippen LogP contribution in [-0.4, -0.2) is 59.3 Å². The number of halogens is 1. The summed E-state index contributed by atoms with van der Waals surface area (Å²) in [4.78, 5) is 39.4. The van der Waals surface area contributed by atoms with Gasteiger partial charge in [0.25, 0.3) is 0 Å². The van der Waals surface area contributed by atoms with E-state index in [4.69, 9.17) is 4.98 Å². The molecule has 7 nitrogen and oxygen atoms in total. The maximum atomic E-state index is 13.0. The lowest BCUT2D eigenvalue weighted by Crippen LogP contribution is -2.31. The van der Waals surface area contributed by atoms with Gasteiger partial charge in [0.05, 0.1) is 18.3 Å². The van der Waals surface area contributed by atoms with Gasteiger partial charge in [-0.15, -0.1) is 0 Å². The van der Waals surface area contributed by atoms with Crippen molar-refractivity contribution < 1.29 is 14.0 Å². The Balaban J connectivity index is 1.72. The Kier molecular flexibility index (Phi) is 7.20. The Morgan fingerprint density at radius 3 is 2.52 bits per heavy atom. The number of hydrogen-bond donors (Lipinski definition) is 0. The molecule has 1 saturated heterocycles. The predicted octanol–water partition coefficient (Wildman–Crippen LogP) is 2.96. The van der Waals surface area contributed by atoms with E-state index in [0.29, 0.717) is 31.8 Å². The van der Waals surface area contributed by atoms with Gasteiger partial charge in [-0.05, 0) is 37.0 Å². The Hall–Kier alpha value is -3.03. The molecule has 1 fully saturated rings. The van der Waals surface area contributed by atoms with Gasteiger partial charge in [0.2, 0.25) is 11.8 Å². The fourth-order valence-electron chi connectivity index (χ4n) is 3.80. The van der Waals surface area contributed by atoms with Gasteiger partial charge in [0.1, 0.15) is 11.6 Å². The summed E-state index contributed by atoms with van der Waals surface area (Å²) >= 11 is 0. The van der Waals surface area contributed by atoms with E-state index in [2.05, 4.69) is 4.98 Å². The van der Waals surface area contributed by atoms with Crippen molar-refractivity contribution in [3.8, 4) is 0 Å². The highest BCUT2D eigenvalue weighted by atomic mass is 19.1. The molecule has 8 heteroatoms. The van der Waals surface area contributed by atoms with E-state index in [1.807, 2.05) is 30.0 Å². The van der Waals surface area contributed by atoms with Crippen molar-refractivity contribution in [2.24, 2.45) is 0 Å². The van der Waals surface area contributed by atoms with Crippen LogP contribution < -0.4 is 4.90 Å². The van der Waals surface area contributed by atoms with Crippen molar-refractivity contribution in [2.75, 3.05) is 32.6 Å². The smallest absolute Gasteiger partial charge is 0.222 e. The molecule has 2 amide bonds. The highest BCUT2D eigenvalue weighted by Crippen LogP contribution is 2.31. The molecular weight excluding hydrogens is 397 g/mol. The number of rotatable bonds is 7. The lowest BCUT2D eigenvalue weighted by Gasteiger charge is -2.24. The van der Waals surface area contributed by atoms with Crippen molar-refractivity contribution in [2.45, 2.75) is 45.2 Å². The number of anilines is 1. The third-order valence-corrected chi connectivity index (χ3v) is 5.56. The molecule has 3 rings (SSSR count). The van der Waals surface area contributed by atoms with Gasteiger partial charge >= 0.3 is 0 Å². The fourth-order valence-corrected chi connectivity index (χ4v) is 3.80. The van der Waals surface area contributed by atoms with E-state index in [1.54, 1.807) is 31.0 Å². The minimum Gasteiger partial charge on any atom is -0.363 e. The Morgan fingerprint density at radius 2 is 1.87 bits per heavy atom. The molecule has 2 heterocycles. The maximum Gasteiger partial charge on any atom is 0.222 e. The Morgan fingerprint density at radius 1 is 1.16 bits per heavy atom. The fraction of sp³-hybridized carbons (Fsp3) is 0.478. The summed E-state index contributed by atoms with van der Waals surface area (Å²) < 4.78 is 13.0. The summed E-state index contributed by atoms with van der Waals surface area (Å²) in [5.74, 6) is 1.11. The molecule has 31 heavy (non-hydrogen) atoms. The van der Waals surface area contributed by atoms with Crippen molar-refractivity contribution in [3.63, 3.8) is 0 Å². The SMILES string of the molecule is CC(=O)N1CCC[C@@H]1c1nc(CN(C)C(=O)CCc2ccc(F)cc2)cc(N(C)C)n1. The van der Waals surface area contributed by atoms with Crippen LogP contribution in [0.4, 0.5) is 10.2 Å². The molecule has 1 aliphatic rings. The van der Waals surface area contributed by atoms with Gasteiger partial charge in [0.15, 0.2) is 5.82 Å². The van der Waals surface area contributed by atoms with Crippen LogP contribution in [0.25, 0.3) is 0 Å². The topological polar surface area (TPSA) is 69.6 Å². The van der Waals surface area contributed by atoms with E-state index in [1.165, 1.54) is 12.1 Å². The average Bonchev–Trinajstić information content (AvgIpc) is 3.23. The monoisotopic (exact) mass is 427 g/mol. The molecule has 1 aromatic carbocycles. The van der Waals surface area contributed by atoms with Crippen molar-refractivity contribution >= 4 is 17.6 Å². The molecule has 0 bridgehead atoms. The summed E-state index contributed by atoms with van der Waals surface area (Å²) in [5, 5.41) is 0. The van der Waals surface area contributed by atoms with Crippen LogP contribution >= 0.6 is 0 Å². The first-order chi connectivity index (χ1) is 14.7. The summed E-state index contributed by atoms with van der Waals surface area (Å²) in [6.07, 6.45) is 2.65. The van der Waals surface area contributed by atoms with E-state index in [0.717, 1.165) is 29.9 Å². The summed E-state index contributed by atoms with van der Waals surface area (Å²) in [5.41, 5.74) is 1.66. The Bertz CT molecular complexity index is 932. The van der Waals surface area contributed by atoms with Crippen LogP contribution in [0.2, 0.25) is 0 Å². The first-order valence-electron chi connectivity index (χ1n) is 10.6. The third-order valence-electron chi connectivity index (χ3n) is 5.56. The van der Waals surface area contributed by atoms with E-state index >= 15 is 0 Å². The normalized spacial score (nSPS) is 15.8. The van der Waals surface area contributed by atoms with Crippen LogP contribution in [0, 0.1) is 5.82 Å². The number of aryl methyl sites for hydroxylation is 1. The van der Waals surface area contributed by atoms with Gasteiger partial charge in [-0.25, -0.2) is 14.4 Å². The number of likely N-dealkylation sites (tertiary alicyclic amines) is 1. The molecule has 0 N–H and O–H groups in total. The minimum atomic E-state index is -0.283.